The van der Waals surface area contributed by atoms with Crippen LogP contribution in [0.15, 0.2) is 66.7 Å². The van der Waals surface area contributed by atoms with E-state index in [0.29, 0.717) is 40.6 Å². The Bertz CT molecular complexity index is 1240. The highest BCUT2D eigenvalue weighted by Crippen LogP contribution is 2.63. The van der Waals surface area contributed by atoms with Crippen molar-refractivity contribution in [3.63, 3.8) is 0 Å². The van der Waals surface area contributed by atoms with E-state index < -0.39 is 0 Å². The molecule has 0 unspecified atom stereocenters. The van der Waals surface area contributed by atoms with Crippen molar-refractivity contribution >= 4 is 17.3 Å². The third kappa shape index (κ3) is 3.02. The largest absolute Gasteiger partial charge is 0.454 e. The Morgan fingerprint density at radius 1 is 0.909 bits per heavy atom. The SMILES string of the molecule is O=C(Nc1ccc2c(c1)OCO2)c1ccc2c(c1)[C@@H]1[C@H]3CC[C@@H](C3)[C@H]1[C@@H](c1ccccc1)N2. The third-order valence-electron chi connectivity index (χ3n) is 8.14. The molecule has 166 valence electrons. The van der Waals surface area contributed by atoms with Gasteiger partial charge in [0.15, 0.2) is 11.5 Å². The van der Waals surface area contributed by atoms with Crippen LogP contribution in [0.1, 0.15) is 52.7 Å². The number of ether oxygens (including phenoxy) is 2. The van der Waals surface area contributed by atoms with E-state index in [2.05, 4.69) is 53.1 Å². The van der Waals surface area contributed by atoms with Gasteiger partial charge in [-0.05, 0) is 84.4 Å². The van der Waals surface area contributed by atoms with Gasteiger partial charge in [-0.15, -0.1) is 0 Å². The first-order valence-corrected chi connectivity index (χ1v) is 11.9. The lowest BCUT2D eigenvalue weighted by molar-refractivity contribution is 0.102. The quantitative estimate of drug-likeness (QED) is 0.529. The molecule has 2 aliphatic heterocycles. The number of carbonyl (C=O) groups is 1. The van der Waals surface area contributed by atoms with Crippen LogP contribution in [-0.4, -0.2) is 12.7 Å². The number of rotatable bonds is 3. The van der Waals surface area contributed by atoms with Gasteiger partial charge in [0.05, 0.1) is 6.04 Å². The fourth-order valence-corrected chi connectivity index (χ4v) is 6.80. The summed E-state index contributed by atoms with van der Waals surface area (Å²) in [6, 6.07) is 22.9. The summed E-state index contributed by atoms with van der Waals surface area (Å²) in [5, 5.41) is 6.88. The van der Waals surface area contributed by atoms with Crippen molar-refractivity contribution in [2.75, 3.05) is 17.4 Å². The van der Waals surface area contributed by atoms with Gasteiger partial charge in [0.2, 0.25) is 6.79 Å². The minimum atomic E-state index is -0.0958. The first kappa shape index (κ1) is 19.0. The Kier molecular flexibility index (Phi) is 4.20. The predicted molar refractivity (Wildman–Crippen MR) is 127 cm³/mol. The van der Waals surface area contributed by atoms with E-state index in [1.807, 2.05) is 24.3 Å². The van der Waals surface area contributed by atoms with Crippen LogP contribution in [0.3, 0.4) is 0 Å². The maximum absolute atomic E-state index is 13.1. The summed E-state index contributed by atoms with van der Waals surface area (Å²) < 4.78 is 10.8. The Labute approximate surface area is 193 Å². The minimum Gasteiger partial charge on any atom is -0.454 e. The van der Waals surface area contributed by atoms with Crippen LogP contribution in [-0.2, 0) is 0 Å². The van der Waals surface area contributed by atoms with Crippen LogP contribution in [0.5, 0.6) is 11.5 Å². The molecular formula is C28H26N2O3. The van der Waals surface area contributed by atoms with Gasteiger partial charge < -0.3 is 20.1 Å². The van der Waals surface area contributed by atoms with Gasteiger partial charge in [-0.1, -0.05) is 30.3 Å². The highest BCUT2D eigenvalue weighted by Gasteiger charge is 2.53. The molecule has 5 heteroatoms. The van der Waals surface area contributed by atoms with Gasteiger partial charge >= 0.3 is 0 Å². The monoisotopic (exact) mass is 438 g/mol. The van der Waals surface area contributed by atoms with Crippen molar-refractivity contribution in [1.29, 1.82) is 0 Å². The number of hydrogen-bond donors (Lipinski definition) is 2. The van der Waals surface area contributed by atoms with Gasteiger partial charge in [-0.3, -0.25) is 4.79 Å². The Morgan fingerprint density at radius 3 is 2.67 bits per heavy atom. The molecule has 2 N–H and O–H groups in total. The summed E-state index contributed by atoms with van der Waals surface area (Å²) in [4.78, 5) is 13.1. The Balaban J connectivity index is 1.21. The first-order chi connectivity index (χ1) is 16.2. The van der Waals surface area contributed by atoms with E-state index in [1.165, 1.54) is 36.1 Å². The molecule has 33 heavy (non-hydrogen) atoms. The average Bonchev–Trinajstić information content (AvgIpc) is 3.60. The highest BCUT2D eigenvalue weighted by molar-refractivity contribution is 6.05. The van der Waals surface area contributed by atoms with Gasteiger partial charge in [0, 0.05) is 23.0 Å². The molecule has 0 radical (unpaired) electrons. The highest BCUT2D eigenvalue weighted by atomic mass is 16.7. The van der Waals surface area contributed by atoms with Crippen molar-refractivity contribution < 1.29 is 14.3 Å². The first-order valence-electron chi connectivity index (χ1n) is 11.9. The van der Waals surface area contributed by atoms with Crippen molar-refractivity contribution in [3.05, 3.63) is 83.4 Å². The smallest absolute Gasteiger partial charge is 0.255 e. The summed E-state index contributed by atoms with van der Waals surface area (Å²) >= 11 is 0. The fourth-order valence-electron chi connectivity index (χ4n) is 6.80. The topological polar surface area (TPSA) is 59.6 Å². The summed E-state index contributed by atoms with van der Waals surface area (Å²) in [5.41, 5.74) is 5.28. The number of benzene rings is 3. The van der Waals surface area contributed by atoms with Crippen LogP contribution in [0, 0.1) is 17.8 Å². The Morgan fingerprint density at radius 2 is 1.76 bits per heavy atom. The molecule has 2 aliphatic carbocycles. The third-order valence-corrected chi connectivity index (χ3v) is 8.14. The summed E-state index contributed by atoms with van der Waals surface area (Å²) in [6.45, 7) is 0.221. The summed E-state index contributed by atoms with van der Waals surface area (Å²) in [5.74, 6) is 3.87. The lowest BCUT2D eigenvalue weighted by Gasteiger charge is -2.43. The molecular weight excluding hydrogens is 412 g/mol. The molecule has 2 bridgehead atoms. The molecule has 3 aromatic carbocycles. The maximum atomic E-state index is 13.1. The Hall–Kier alpha value is -3.47. The number of carbonyl (C=O) groups excluding carboxylic acids is 1. The number of anilines is 2. The predicted octanol–water partition coefficient (Wildman–Crippen LogP) is 5.96. The summed E-state index contributed by atoms with van der Waals surface area (Å²) in [7, 11) is 0. The van der Waals surface area contributed by atoms with Crippen molar-refractivity contribution in [1.82, 2.24) is 0 Å². The van der Waals surface area contributed by atoms with Crippen LogP contribution in [0.25, 0.3) is 0 Å². The van der Waals surface area contributed by atoms with Crippen LogP contribution >= 0.6 is 0 Å². The molecule has 4 aliphatic rings. The van der Waals surface area contributed by atoms with Gasteiger partial charge in [0.25, 0.3) is 5.91 Å². The molecule has 0 spiro atoms. The molecule has 5 atom stereocenters. The molecule has 2 heterocycles. The second-order valence-electron chi connectivity index (χ2n) is 9.79. The second-order valence-corrected chi connectivity index (χ2v) is 9.79. The van der Waals surface area contributed by atoms with Gasteiger partial charge in [0.1, 0.15) is 0 Å². The average molecular weight is 439 g/mol. The van der Waals surface area contributed by atoms with E-state index in [4.69, 9.17) is 9.47 Å². The zero-order valence-corrected chi connectivity index (χ0v) is 18.3. The lowest BCUT2D eigenvalue weighted by atomic mass is 9.68. The standard InChI is InChI=1S/C28H26N2O3/c31-28(29-20-9-11-23-24(14-20)33-15-32-23)19-8-10-22-21(13-19)25-17-6-7-18(12-17)26(25)27(30-22)16-4-2-1-3-5-16/h1-5,8-11,13-14,17-18,25-27,30H,6-7,12,15H2,(H,29,31)/t17-,18-,25-,26+,27+/m0/s1. The molecule has 7 rings (SSSR count). The number of amides is 1. The molecule has 2 saturated carbocycles. The number of hydrogen-bond acceptors (Lipinski definition) is 4. The second kappa shape index (κ2) is 7.27. The maximum Gasteiger partial charge on any atom is 0.255 e. The molecule has 0 aromatic heterocycles. The number of nitrogens with one attached hydrogen (secondary N) is 2. The fraction of sp³-hybridized carbons (Fsp3) is 0.321. The van der Waals surface area contributed by atoms with Crippen molar-refractivity contribution in [2.24, 2.45) is 17.8 Å². The van der Waals surface area contributed by atoms with E-state index in [1.54, 1.807) is 0 Å². The van der Waals surface area contributed by atoms with Crippen molar-refractivity contribution in [3.8, 4) is 11.5 Å². The van der Waals surface area contributed by atoms with E-state index >= 15 is 0 Å². The van der Waals surface area contributed by atoms with Gasteiger partial charge in [-0.25, -0.2) is 0 Å². The molecule has 1 amide bonds. The van der Waals surface area contributed by atoms with Crippen LogP contribution in [0.2, 0.25) is 0 Å². The zero-order chi connectivity index (χ0) is 21.9. The van der Waals surface area contributed by atoms with Crippen LogP contribution in [0.4, 0.5) is 11.4 Å². The van der Waals surface area contributed by atoms with E-state index in [-0.39, 0.29) is 12.7 Å². The lowest BCUT2D eigenvalue weighted by Crippen LogP contribution is -2.35. The summed E-state index contributed by atoms with van der Waals surface area (Å²) in [6.07, 6.45) is 3.95. The zero-order valence-electron chi connectivity index (χ0n) is 18.3. The minimum absolute atomic E-state index is 0.0958. The van der Waals surface area contributed by atoms with E-state index in [0.717, 1.165) is 11.8 Å². The molecule has 0 saturated heterocycles. The normalized spacial score (nSPS) is 28.1. The molecule has 3 aromatic rings. The molecule has 5 nitrogen and oxygen atoms in total. The number of fused-ring (bicyclic) bond motifs is 8. The van der Waals surface area contributed by atoms with E-state index in [9.17, 15) is 4.79 Å². The van der Waals surface area contributed by atoms with Gasteiger partial charge in [-0.2, -0.15) is 0 Å². The molecule has 2 fully saturated rings. The van der Waals surface area contributed by atoms with Crippen molar-refractivity contribution in [2.45, 2.75) is 31.2 Å². The van der Waals surface area contributed by atoms with Crippen LogP contribution < -0.4 is 20.1 Å².